The molecule has 0 aliphatic carbocycles. The van der Waals surface area contributed by atoms with Gasteiger partial charge in [-0.3, -0.25) is 4.79 Å². The number of hydrogen-bond acceptors (Lipinski definition) is 6. The second-order valence-corrected chi connectivity index (χ2v) is 17.8. The lowest BCUT2D eigenvalue weighted by Gasteiger charge is -2.27. The third-order valence-electron chi connectivity index (χ3n) is 11.2. The van der Waals surface area contributed by atoms with Crippen LogP contribution in [0.2, 0.25) is 0 Å². The zero-order valence-electron chi connectivity index (χ0n) is 33.1. The molecule has 2 aliphatic rings. The average molecular weight is 790 g/mol. The van der Waals surface area contributed by atoms with Gasteiger partial charge in [0.25, 0.3) is 0 Å². The Morgan fingerprint density at radius 3 is 2.16 bits per heavy atom. The van der Waals surface area contributed by atoms with Gasteiger partial charge in [0.2, 0.25) is 11.6 Å². The largest absolute Gasteiger partial charge is 0.748 e. The van der Waals surface area contributed by atoms with Gasteiger partial charge in [0.1, 0.15) is 6.54 Å². The molecule has 4 aromatic rings. The molecule has 56 heavy (non-hydrogen) atoms. The second-order valence-electron chi connectivity index (χ2n) is 15.8. The number of benzene rings is 4. The van der Waals surface area contributed by atoms with Gasteiger partial charge in [-0.2, -0.15) is 17.2 Å². The van der Waals surface area contributed by atoms with E-state index >= 15 is 0 Å². The van der Waals surface area contributed by atoms with Gasteiger partial charge >= 0.3 is 0 Å². The lowest BCUT2D eigenvalue weighted by atomic mass is 9.79. The topological polar surface area (TPSA) is 92.5 Å². The van der Waals surface area contributed by atoms with Crippen molar-refractivity contribution in [3.05, 3.63) is 132 Å². The van der Waals surface area contributed by atoms with E-state index in [1.165, 1.54) is 44.1 Å². The molecule has 4 aromatic carbocycles. The minimum absolute atomic E-state index is 0.0973. The molecule has 0 unspecified atom stereocenters. The van der Waals surface area contributed by atoms with E-state index in [1.54, 1.807) is 0 Å². The molecule has 0 fully saturated rings. The Morgan fingerprint density at radius 2 is 1.45 bits per heavy atom. The van der Waals surface area contributed by atoms with Crippen LogP contribution in [0.4, 0.5) is 11.4 Å². The number of rotatable bonds is 17. The van der Waals surface area contributed by atoms with E-state index in [2.05, 4.69) is 164 Å². The SMILES string of the molecule is CC1(C)C(/C=C/C=C/C=C/C=C2/N(CCCCS(=O)(=O)[O-])c3ccc4ccccc4c3C2(C)C)=[N+](CCCCCC(=O)NCCS)c2ccc3ccccc3c21. The normalized spacial score (nSPS) is 17.0. The highest BCUT2D eigenvalue weighted by atomic mass is 32.2. The molecule has 2 aliphatic heterocycles. The van der Waals surface area contributed by atoms with Crippen molar-refractivity contribution >= 4 is 67.3 Å². The average Bonchev–Trinajstić information content (AvgIpc) is 3.52. The van der Waals surface area contributed by atoms with Crippen LogP contribution in [-0.2, 0) is 25.7 Å². The van der Waals surface area contributed by atoms with Crippen molar-refractivity contribution in [3.63, 3.8) is 0 Å². The standard InChI is InChI=1S/C47H55N3O4S2/c1-46(2)41(49(31-16-8-11-25-43(51)48-30-33-55)39-28-26-35-19-12-14-21-37(35)44(39)46)23-9-6-5-7-10-24-42-47(3,4)45-38-22-15-13-20-36(38)27-29-40(45)50(42)32-17-18-34-56(52,53)54/h5-7,9-10,12-15,19-24,26-29H,8,11,16-18,25,30-34H2,1-4H3,(H2-,48,51,52,53,54,55). The number of amides is 1. The van der Waals surface area contributed by atoms with E-state index in [1.807, 2.05) is 6.08 Å². The maximum atomic E-state index is 12.1. The van der Waals surface area contributed by atoms with Crippen LogP contribution in [0.15, 0.2) is 121 Å². The molecule has 1 amide bonds. The van der Waals surface area contributed by atoms with Crippen LogP contribution < -0.4 is 10.2 Å². The number of allylic oxidation sites excluding steroid dienone is 8. The molecule has 0 bridgehead atoms. The van der Waals surface area contributed by atoms with Gasteiger partial charge < -0.3 is 14.8 Å². The molecule has 0 radical (unpaired) electrons. The number of thiol groups is 1. The third-order valence-corrected chi connectivity index (χ3v) is 12.2. The van der Waals surface area contributed by atoms with E-state index in [0.717, 1.165) is 37.2 Å². The second kappa shape index (κ2) is 17.8. The number of fused-ring (bicyclic) bond motifs is 6. The molecule has 0 saturated carbocycles. The number of nitrogens with one attached hydrogen (secondary N) is 1. The summed E-state index contributed by atoms with van der Waals surface area (Å²) in [6.07, 6.45) is 19.1. The lowest BCUT2D eigenvalue weighted by Crippen LogP contribution is -2.28. The van der Waals surface area contributed by atoms with Crippen LogP contribution in [0, 0.1) is 0 Å². The van der Waals surface area contributed by atoms with Crippen molar-refractivity contribution in [1.29, 1.82) is 0 Å². The quantitative estimate of drug-likeness (QED) is 0.0366. The van der Waals surface area contributed by atoms with Crippen molar-refractivity contribution < 1.29 is 22.3 Å². The first-order valence-corrected chi connectivity index (χ1v) is 22.1. The van der Waals surface area contributed by atoms with Gasteiger partial charge in [-0.25, -0.2) is 8.42 Å². The highest BCUT2D eigenvalue weighted by molar-refractivity contribution is 7.85. The predicted octanol–water partition coefficient (Wildman–Crippen LogP) is 9.65. The summed E-state index contributed by atoms with van der Waals surface area (Å²) in [5, 5.41) is 7.84. The summed E-state index contributed by atoms with van der Waals surface area (Å²) in [4.78, 5) is 14.4. The van der Waals surface area contributed by atoms with Crippen molar-refractivity contribution in [2.24, 2.45) is 0 Å². The van der Waals surface area contributed by atoms with Gasteiger partial charge in [-0.05, 0) is 84.8 Å². The zero-order chi connectivity index (χ0) is 39.9. The fourth-order valence-corrected chi connectivity index (χ4v) is 9.27. The van der Waals surface area contributed by atoms with Crippen LogP contribution in [0.3, 0.4) is 0 Å². The van der Waals surface area contributed by atoms with Gasteiger partial charge in [0.05, 0.1) is 15.5 Å². The van der Waals surface area contributed by atoms with E-state index in [-0.39, 0.29) is 22.5 Å². The number of carbonyl (C=O) groups is 1. The maximum Gasteiger partial charge on any atom is 0.220 e. The lowest BCUT2D eigenvalue weighted by molar-refractivity contribution is -0.438. The monoisotopic (exact) mass is 789 g/mol. The molecular weight excluding hydrogens is 735 g/mol. The fourth-order valence-electron chi connectivity index (χ4n) is 8.60. The zero-order valence-corrected chi connectivity index (χ0v) is 34.8. The van der Waals surface area contributed by atoms with Gasteiger partial charge in [-0.15, -0.1) is 0 Å². The van der Waals surface area contributed by atoms with Crippen molar-refractivity contribution in [2.75, 3.05) is 36.0 Å². The van der Waals surface area contributed by atoms with Crippen molar-refractivity contribution in [1.82, 2.24) is 5.32 Å². The summed E-state index contributed by atoms with van der Waals surface area (Å²) < 4.78 is 36.4. The molecule has 294 valence electrons. The minimum Gasteiger partial charge on any atom is -0.748 e. The molecule has 0 atom stereocenters. The summed E-state index contributed by atoms with van der Waals surface area (Å²) in [6, 6.07) is 25.9. The van der Waals surface area contributed by atoms with Crippen molar-refractivity contribution in [3.8, 4) is 0 Å². The number of hydrogen-bond donors (Lipinski definition) is 2. The van der Waals surface area contributed by atoms with Gasteiger partial charge in [0, 0.05) is 71.9 Å². The molecule has 9 heteroatoms. The van der Waals surface area contributed by atoms with Crippen LogP contribution in [0.1, 0.15) is 77.3 Å². The molecule has 0 saturated heterocycles. The Balaban J connectivity index is 1.21. The summed E-state index contributed by atoms with van der Waals surface area (Å²) in [6.45, 7) is 11.2. The van der Waals surface area contributed by atoms with Crippen molar-refractivity contribution in [2.45, 2.75) is 77.0 Å². The molecule has 1 N–H and O–H groups in total. The highest BCUT2D eigenvalue weighted by Crippen LogP contribution is 2.51. The number of anilines is 1. The van der Waals surface area contributed by atoms with E-state index in [4.69, 9.17) is 0 Å². The first kappa shape index (κ1) is 41.2. The van der Waals surface area contributed by atoms with Gasteiger partial charge in [-0.1, -0.05) is 98.8 Å². The highest BCUT2D eigenvalue weighted by Gasteiger charge is 2.45. The van der Waals surface area contributed by atoms with Crippen LogP contribution in [-0.4, -0.2) is 60.3 Å². The number of carbonyl (C=O) groups excluding carboxylic acids is 1. The Hall–Kier alpha value is -4.44. The van der Waals surface area contributed by atoms with E-state index in [9.17, 15) is 17.8 Å². The Kier molecular flexibility index (Phi) is 13.1. The minimum atomic E-state index is -4.25. The molecule has 0 spiro atoms. The van der Waals surface area contributed by atoms with E-state index < -0.39 is 10.1 Å². The summed E-state index contributed by atoms with van der Waals surface area (Å²) >= 11 is 4.18. The molecule has 0 aromatic heterocycles. The number of unbranched alkanes of at least 4 members (excludes halogenated alkanes) is 3. The summed E-state index contributed by atoms with van der Waals surface area (Å²) in [7, 11) is -4.25. The third kappa shape index (κ3) is 9.06. The van der Waals surface area contributed by atoms with Gasteiger partial charge in [0.15, 0.2) is 5.71 Å². The Bertz CT molecular complexity index is 2350. The predicted molar refractivity (Wildman–Crippen MR) is 236 cm³/mol. The van der Waals surface area contributed by atoms with Crippen LogP contribution >= 0.6 is 12.6 Å². The maximum absolute atomic E-state index is 12.1. The first-order valence-electron chi connectivity index (χ1n) is 19.8. The molecule has 7 nitrogen and oxygen atoms in total. The fraction of sp³-hybridized carbons (Fsp3) is 0.362. The Labute approximate surface area is 338 Å². The summed E-state index contributed by atoms with van der Waals surface area (Å²) in [5.41, 5.74) is 6.88. The molecule has 2 heterocycles. The molecule has 6 rings (SSSR count). The number of nitrogens with zero attached hydrogens (tertiary/aromatic N) is 2. The Morgan fingerprint density at radius 1 is 0.786 bits per heavy atom. The smallest absolute Gasteiger partial charge is 0.220 e. The summed E-state index contributed by atoms with van der Waals surface area (Å²) in [5.74, 6) is 0.398. The van der Waals surface area contributed by atoms with E-state index in [0.29, 0.717) is 38.1 Å². The van der Waals surface area contributed by atoms with Crippen LogP contribution in [0.5, 0.6) is 0 Å². The van der Waals surface area contributed by atoms with Crippen LogP contribution in [0.25, 0.3) is 21.5 Å². The first-order chi connectivity index (χ1) is 26.8. The molecular formula is C47H55N3O4S2.